The van der Waals surface area contributed by atoms with Crippen molar-refractivity contribution in [3.63, 3.8) is 0 Å². The largest absolute Gasteiger partial charge is 0.353 e. The van der Waals surface area contributed by atoms with Gasteiger partial charge in [-0.15, -0.1) is 0 Å². The number of fused-ring (bicyclic) bond motifs is 1. The second-order valence-electron chi connectivity index (χ2n) is 10.2. The van der Waals surface area contributed by atoms with Crippen LogP contribution in [0.4, 0.5) is 5.69 Å². The van der Waals surface area contributed by atoms with Gasteiger partial charge in [0.05, 0.1) is 11.3 Å². The predicted molar refractivity (Wildman–Crippen MR) is 114 cm³/mol. The summed E-state index contributed by atoms with van der Waals surface area (Å²) >= 11 is 0. The topological polar surface area (TPSA) is 87.3 Å². The molecule has 0 spiro atoms. The summed E-state index contributed by atoms with van der Waals surface area (Å²) in [6.07, 6.45) is 8.44. The van der Waals surface area contributed by atoms with Gasteiger partial charge < -0.3 is 16.0 Å². The van der Waals surface area contributed by atoms with Gasteiger partial charge in [0.1, 0.15) is 6.04 Å². The second kappa shape index (κ2) is 7.40. The Labute approximate surface area is 177 Å². The van der Waals surface area contributed by atoms with Crippen LogP contribution in [0, 0.1) is 23.2 Å². The lowest BCUT2D eigenvalue weighted by Crippen LogP contribution is -2.56. The van der Waals surface area contributed by atoms with E-state index in [1.54, 1.807) is 24.3 Å². The molecule has 0 aromatic heterocycles. The lowest BCUT2D eigenvalue weighted by molar-refractivity contribution is -0.126. The molecule has 1 aromatic rings. The number of hydrogen-bond acceptors (Lipinski definition) is 3. The molecule has 3 N–H and O–H groups in total. The van der Waals surface area contributed by atoms with Crippen molar-refractivity contribution in [2.75, 3.05) is 5.32 Å². The first-order chi connectivity index (χ1) is 14.4. The van der Waals surface area contributed by atoms with Gasteiger partial charge in [0.2, 0.25) is 11.8 Å². The summed E-state index contributed by atoms with van der Waals surface area (Å²) in [4.78, 5) is 37.7. The van der Waals surface area contributed by atoms with Gasteiger partial charge in [-0.1, -0.05) is 12.1 Å². The summed E-state index contributed by atoms with van der Waals surface area (Å²) in [5.74, 6) is 1.97. The second-order valence-corrected chi connectivity index (χ2v) is 10.2. The molecule has 160 valence electrons. The van der Waals surface area contributed by atoms with Crippen LogP contribution in [0.1, 0.15) is 68.6 Å². The average Bonchev–Trinajstić information content (AvgIpc) is 2.81. The predicted octanol–water partition coefficient (Wildman–Crippen LogP) is 3.24. The van der Waals surface area contributed by atoms with Crippen LogP contribution in [0.3, 0.4) is 0 Å². The van der Waals surface area contributed by atoms with E-state index in [1.807, 2.05) is 0 Å². The molecule has 1 aliphatic heterocycles. The summed E-state index contributed by atoms with van der Waals surface area (Å²) in [6.45, 7) is 2.17. The first kappa shape index (κ1) is 19.6. The highest BCUT2D eigenvalue weighted by atomic mass is 16.2. The van der Waals surface area contributed by atoms with Crippen molar-refractivity contribution >= 4 is 23.4 Å². The van der Waals surface area contributed by atoms with Gasteiger partial charge >= 0.3 is 0 Å². The van der Waals surface area contributed by atoms with Crippen LogP contribution in [0.15, 0.2) is 24.3 Å². The zero-order valence-corrected chi connectivity index (χ0v) is 17.6. The first-order valence-electron chi connectivity index (χ1n) is 11.4. The van der Waals surface area contributed by atoms with Gasteiger partial charge in [-0.3, -0.25) is 14.4 Å². The Bertz CT molecular complexity index is 845. The van der Waals surface area contributed by atoms with Crippen LogP contribution < -0.4 is 16.0 Å². The molecule has 2 atom stereocenters. The van der Waals surface area contributed by atoms with Crippen molar-refractivity contribution in [3.8, 4) is 0 Å². The van der Waals surface area contributed by atoms with E-state index in [0.29, 0.717) is 17.7 Å². The van der Waals surface area contributed by atoms with Crippen molar-refractivity contribution in [1.82, 2.24) is 10.6 Å². The van der Waals surface area contributed by atoms with Crippen LogP contribution >= 0.6 is 0 Å². The summed E-state index contributed by atoms with van der Waals surface area (Å²) in [5, 5.41) is 8.83. The Balaban J connectivity index is 1.18. The number of para-hydroxylation sites is 1. The van der Waals surface area contributed by atoms with Crippen molar-refractivity contribution in [2.45, 2.75) is 70.4 Å². The molecule has 4 fully saturated rings. The minimum atomic E-state index is -0.703. The van der Waals surface area contributed by atoms with E-state index in [4.69, 9.17) is 0 Å². The highest BCUT2D eigenvalue weighted by Gasteiger charge is 2.53. The quantitative estimate of drug-likeness (QED) is 0.698. The van der Waals surface area contributed by atoms with Gasteiger partial charge in [0.25, 0.3) is 5.91 Å². The molecule has 6 rings (SSSR count). The van der Waals surface area contributed by atoms with Crippen molar-refractivity contribution in [1.29, 1.82) is 0 Å². The van der Waals surface area contributed by atoms with E-state index in [2.05, 4.69) is 22.9 Å². The van der Waals surface area contributed by atoms with Gasteiger partial charge in [0, 0.05) is 12.5 Å². The fourth-order valence-electron chi connectivity index (χ4n) is 6.96. The number of hydrogen-bond donors (Lipinski definition) is 3. The molecule has 4 aliphatic carbocycles. The molecule has 5 aliphatic rings. The van der Waals surface area contributed by atoms with Crippen LogP contribution in [0.5, 0.6) is 0 Å². The first-order valence-corrected chi connectivity index (χ1v) is 11.4. The highest BCUT2D eigenvalue weighted by molar-refractivity contribution is 6.09. The number of amides is 3. The zero-order chi connectivity index (χ0) is 20.9. The fraction of sp³-hybridized carbons (Fsp3) is 0.625. The minimum Gasteiger partial charge on any atom is -0.353 e. The van der Waals surface area contributed by atoms with Crippen LogP contribution in [-0.2, 0) is 9.59 Å². The monoisotopic (exact) mass is 409 g/mol. The molecule has 3 amide bonds. The van der Waals surface area contributed by atoms with Crippen LogP contribution in [-0.4, -0.2) is 29.8 Å². The number of rotatable bonds is 5. The normalized spacial score (nSPS) is 35.1. The SMILES string of the molecule is C[C@H](NC(=O)CC[C@@H]1NC(=O)c2ccccc2NC1=O)C12CC3CC(CC(C3)C1)C2. The third kappa shape index (κ3) is 3.50. The number of carbonyl (C=O) groups excluding carboxylic acids is 3. The molecule has 6 nitrogen and oxygen atoms in total. The van der Waals surface area contributed by atoms with E-state index in [-0.39, 0.29) is 35.6 Å². The maximum atomic E-state index is 12.7. The van der Waals surface area contributed by atoms with Crippen LogP contribution in [0.25, 0.3) is 0 Å². The van der Waals surface area contributed by atoms with E-state index in [0.717, 1.165) is 17.8 Å². The highest BCUT2D eigenvalue weighted by Crippen LogP contribution is 2.61. The zero-order valence-electron chi connectivity index (χ0n) is 17.6. The summed E-state index contributed by atoms with van der Waals surface area (Å²) in [5.41, 5.74) is 1.23. The Hall–Kier alpha value is -2.37. The Morgan fingerprint density at radius 2 is 1.73 bits per heavy atom. The standard InChI is InChI=1S/C24H31N3O3/c1-14(24-11-15-8-16(12-24)10-17(9-15)13-24)25-21(28)7-6-20-23(30)26-19-5-3-2-4-18(19)22(29)27-20/h2-5,14-17,20H,6-13H2,1H3,(H,25,28)(H,26,30)(H,27,29)/t14-,15?,16?,17?,20-,24?/m0/s1. The molecular formula is C24H31N3O3. The number of benzene rings is 1. The minimum absolute atomic E-state index is 0.0259. The summed E-state index contributed by atoms with van der Waals surface area (Å²) < 4.78 is 0. The maximum absolute atomic E-state index is 12.7. The molecule has 1 aromatic carbocycles. The number of carbonyl (C=O) groups is 3. The summed E-state index contributed by atoms with van der Waals surface area (Å²) in [6, 6.07) is 6.42. The lowest BCUT2D eigenvalue weighted by atomic mass is 9.48. The Morgan fingerprint density at radius 3 is 2.40 bits per heavy atom. The van der Waals surface area contributed by atoms with Gasteiger partial charge in [-0.05, 0) is 87.2 Å². The molecule has 4 saturated carbocycles. The number of nitrogens with one attached hydrogen (secondary N) is 3. The van der Waals surface area contributed by atoms with Crippen molar-refractivity contribution in [3.05, 3.63) is 29.8 Å². The maximum Gasteiger partial charge on any atom is 0.254 e. The molecule has 1 heterocycles. The van der Waals surface area contributed by atoms with E-state index >= 15 is 0 Å². The van der Waals surface area contributed by atoms with Gasteiger partial charge in [0.15, 0.2) is 0 Å². The third-order valence-electron chi connectivity index (χ3n) is 8.09. The molecule has 0 unspecified atom stereocenters. The lowest BCUT2D eigenvalue weighted by Gasteiger charge is -2.59. The molecular weight excluding hydrogens is 378 g/mol. The smallest absolute Gasteiger partial charge is 0.254 e. The molecule has 30 heavy (non-hydrogen) atoms. The molecule has 6 heteroatoms. The third-order valence-corrected chi connectivity index (χ3v) is 8.09. The average molecular weight is 410 g/mol. The van der Waals surface area contributed by atoms with E-state index in [9.17, 15) is 14.4 Å². The summed E-state index contributed by atoms with van der Waals surface area (Å²) in [7, 11) is 0. The Morgan fingerprint density at radius 1 is 1.10 bits per heavy atom. The van der Waals surface area contributed by atoms with Crippen molar-refractivity contribution in [2.24, 2.45) is 23.2 Å². The van der Waals surface area contributed by atoms with Gasteiger partial charge in [-0.2, -0.15) is 0 Å². The molecule has 0 saturated heterocycles. The molecule has 4 bridgehead atoms. The van der Waals surface area contributed by atoms with Gasteiger partial charge in [-0.25, -0.2) is 0 Å². The van der Waals surface area contributed by atoms with Crippen LogP contribution in [0.2, 0.25) is 0 Å². The van der Waals surface area contributed by atoms with E-state index in [1.165, 1.54) is 38.5 Å². The number of anilines is 1. The molecule has 0 radical (unpaired) electrons. The van der Waals surface area contributed by atoms with Crippen molar-refractivity contribution < 1.29 is 14.4 Å². The Kier molecular flexibility index (Phi) is 4.83. The van der Waals surface area contributed by atoms with E-state index < -0.39 is 6.04 Å². The fourth-order valence-corrected chi connectivity index (χ4v) is 6.96.